The number of aromatic nitrogens is 2. The standard InChI is InChI=1S/C27H21ClN6O6/c1-14-22(24(37)31-20-12-15(25(38)39)10-11-29-20)23(16-6-2-3-7-17(16)28)32-26(34(14)13-21(35)36)33-27-30-18-8-4-5-9-19(18)40-27/h2-12,23H,13H2,1H3,(H,35,36)(H,38,39)(H,29,31,37)(H,30,32,33). The summed E-state index contributed by atoms with van der Waals surface area (Å²) in [4.78, 5) is 51.3. The van der Waals surface area contributed by atoms with Crippen molar-refractivity contribution in [3.63, 3.8) is 0 Å². The molecule has 2 aromatic carbocycles. The van der Waals surface area contributed by atoms with Crippen LogP contribution in [0.25, 0.3) is 11.1 Å². The molecule has 0 spiro atoms. The van der Waals surface area contributed by atoms with E-state index in [2.05, 4.69) is 20.6 Å². The summed E-state index contributed by atoms with van der Waals surface area (Å²) in [7, 11) is 0. The average molecular weight is 561 g/mol. The van der Waals surface area contributed by atoms with Crippen LogP contribution in [0, 0.1) is 0 Å². The topological polar surface area (TPSA) is 170 Å². The number of halogens is 1. The first-order valence-electron chi connectivity index (χ1n) is 11.9. The molecule has 4 aromatic rings. The van der Waals surface area contributed by atoms with Crippen LogP contribution in [0.4, 0.5) is 11.8 Å². The van der Waals surface area contributed by atoms with Gasteiger partial charge in [0.05, 0.1) is 11.1 Å². The number of aliphatic imine (C=N–C) groups is 1. The summed E-state index contributed by atoms with van der Waals surface area (Å²) >= 11 is 6.51. The van der Waals surface area contributed by atoms with Gasteiger partial charge in [0.25, 0.3) is 5.91 Å². The highest BCUT2D eigenvalue weighted by atomic mass is 35.5. The highest BCUT2D eigenvalue weighted by Crippen LogP contribution is 2.38. The first-order chi connectivity index (χ1) is 19.2. The number of carbonyl (C=O) groups excluding carboxylic acids is 1. The van der Waals surface area contributed by atoms with Gasteiger partial charge in [-0.25, -0.2) is 14.8 Å². The summed E-state index contributed by atoms with van der Waals surface area (Å²) in [5.41, 5.74) is 1.84. The predicted octanol–water partition coefficient (Wildman–Crippen LogP) is 4.40. The van der Waals surface area contributed by atoms with E-state index in [9.17, 15) is 24.6 Å². The quantitative estimate of drug-likeness (QED) is 0.254. The Kier molecular flexibility index (Phi) is 7.17. The zero-order valence-electron chi connectivity index (χ0n) is 20.8. The van der Waals surface area contributed by atoms with E-state index in [-0.39, 0.29) is 34.6 Å². The van der Waals surface area contributed by atoms with Gasteiger partial charge in [0, 0.05) is 22.5 Å². The zero-order valence-corrected chi connectivity index (χ0v) is 21.6. The van der Waals surface area contributed by atoms with Crippen molar-refractivity contribution in [1.29, 1.82) is 0 Å². The highest BCUT2D eigenvalue weighted by molar-refractivity contribution is 6.31. The van der Waals surface area contributed by atoms with E-state index in [1.54, 1.807) is 55.5 Å². The summed E-state index contributed by atoms with van der Waals surface area (Å²) in [5.74, 6) is -2.98. The van der Waals surface area contributed by atoms with Gasteiger partial charge in [-0.2, -0.15) is 4.98 Å². The molecule has 13 heteroatoms. The lowest BCUT2D eigenvalue weighted by Gasteiger charge is -2.34. The van der Waals surface area contributed by atoms with Crippen LogP contribution >= 0.6 is 11.6 Å². The highest BCUT2D eigenvalue weighted by Gasteiger charge is 2.36. The number of carboxylic acids is 2. The third-order valence-corrected chi connectivity index (χ3v) is 6.42. The van der Waals surface area contributed by atoms with Crippen molar-refractivity contribution in [3.05, 3.63) is 94.3 Å². The fraction of sp³-hybridized carbons (Fsp3) is 0.111. The fourth-order valence-electron chi connectivity index (χ4n) is 4.23. The second kappa shape index (κ2) is 10.9. The minimum Gasteiger partial charge on any atom is -0.480 e. The van der Waals surface area contributed by atoms with Gasteiger partial charge in [0.1, 0.15) is 23.9 Å². The van der Waals surface area contributed by atoms with Crippen LogP contribution in [0.3, 0.4) is 0 Å². The maximum atomic E-state index is 13.7. The Morgan fingerprint density at radius 1 is 1.07 bits per heavy atom. The molecule has 0 fully saturated rings. The molecule has 0 saturated heterocycles. The number of carboxylic acid groups (broad SMARTS) is 2. The van der Waals surface area contributed by atoms with E-state index in [0.29, 0.717) is 21.7 Å². The van der Waals surface area contributed by atoms with Gasteiger partial charge >= 0.3 is 18.0 Å². The molecule has 4 N–H and O–H groups in total. The molecule has 0 radical (unpaired) electrons. The molecule has 5 rings (SSSR count). The summed E-state index contributed by atoms with van der Waals surface area (Å²) < 4.78 is 5.75. The Morgan fingerprint density at radius 3 is 2.55 bits per heavy atom. The molecule has 0 saturated carbocycles. The van der Waals surface area contributed by atoms with E-state index in [1.807, 2.05) is 0 Å². The number of hydrogen-bond acceptors (Lipinski definition) is 9. The molecular weight excluding hydrogens is 540 g/mol. The van der Waals surface area contributed by atoms with E-state index in [1.165, 1.54) is 23.2 Å². The van der Waals surface area contributed by atoms with E-state index in [4.69, 9.17) is 21.0 Å². The van der Waals surface area contributed by atoms with Gasteiger partial charge in [0.2, 0.25) is 5.96 Å². The van der Waals surface area contributed by atoms with E-state index < -0.39 is 30.4 Å². The lowest BCUT2D eigenvalue weighted by atomic mass is 9.95. The van der Waals surface area contributed by atoms with Crippen molar-refractivity contribution in [2.45, 2.75) is 13.0 Å². The number of benzene rings is 2. The normalized spacial score (nSPS) is 15.1. The average Bonchev–Trinajstić information content (AvgIpc) is 3.33. The van der Waals surface area contributed by atoms with Crippen molar-refractivity contribution in [1.82, 2.24) is 14.9 Å². The summed E-state index contributed by atoms with van der Waals surface area (Å²) in [6, 6.07) is 15.5. The number of nitrogens with zero attached hydrogens (tertiary/aromatic N) is 4. The molecule has 0 aliphatic carbocycles. The Balaban J connectivity index is 1.59. The fourth-order valence-corrected chi connectivity index (χ4v) is 4.47. The lowest BCUT2D eigenvalue weighted by Crippen LogP contribution is -2.43. The number of oxazole rings is 1. The molecule has 0 bridgehead atoms. The third kappa shape index (κ3) is 5.33. The number of anilines is 2. The van der Waals surface area contributed by atoms with Crippen LogP contribution in [-0.2, 0) is 9.59 Å². The Morgan fingerprint density at radius 2 is 1.82 bits per heavy atom. The van der Waals surface area contributed by atoms with Crippen LogP contribution in [0.15, 0.2) is 87.5 Å². The predicted molar refractivity (Wildman–Crippen MR) is 146 cm³/mol. The Hall–Kier alpha value is -5.23. The third-order valence-electron chi connectivity index (χ3n) is 6.07. The number of allylic oxidation sites excluding steroid dienone is 1. The van der Waals surface area contributed by atoms with Crippen LogP contribution in [0.1, 0.15) is 28.9 Å². The maximum absolute atomic E-state index is 13.7. The number of guanidine groups is 1. The van der Waals surface area contributed by atoms with Gasteiger partial charge < -0.3 is 24.8 Å². The van der Waals surface area contributed by atoms with Gasteiger partial charge in [-0.3, -0.25) is 14.9 Å². The largest absolute Gasteiger partial charge is 0.480 e. The number of carbonyl (C=O) groups is 3. The van der Waals surface area contributed by atoms with Crippen LogP contribution in [0.5, 0.6) is 0 Å². The second-order valence-corrected chi connectivity index (χ2v) is 9.06. The van der Waals surface area contributed by atoms with E-state index >= 15 is 0 Å². The first-order valence-corrected chi connectivity index (χ1v) is 12.2. The summed E-state index contributed by atoms with van der Waals surface area (Å²) in [6.07, 6.45) is 1.25. The van der Waals surface area contributed by atoms with Crippen LogP contribution < -0.4 is 10.6 Å². The summed E-state index contributed by atoms with van der Waals surface area (Å²) in [6.45, 7) is 1.03. The molecule has 1 aliphatic heterocycles. The van der Waals surface area contributed by atoms with Crippen molar-refractivity contribution in [3.8, 4) is 0 Å². The molecule has 12 nitrogen and oxygen atoms in total. The SMILES string of the molecule is CC1=C(C(=O)Nc2cc(C(=O)O)ccn2)C(c2ccccc2Cl)N=C(Nc2nc3ccccc3o2)N1CC(=O)O. The number of rotatable bonds is 7. The van der Waals surface area contributed by atoms with Crippen molar-refractivity contribution in [2.75, 3.05) is 17.2 Å². The Bertz CT molecular complexity index is 1680. The van der Waals surface area contributed by atoms with E-state index in [0.717, 1.165) is 0 Å². The van der Waals surface area contributed by atoms with Crippen molar-refractivity contribution in [2.24, 2.45) is 4.99 Å². The molecule has 2 aromatic heterocycles. The zero-order chi connectivity index (χ0) is 28.4. The first kappa shape index (κ1) is 26.4. The lowest BCUT2D eigenvalue weighted by molar-refractivity contribution is -0.137. The molecule has 1 unspecified atom stereocenters. The number of pyridine rings is 1. The molecule has 3 heterocycles. The summed E-state index contributed by atoms with van der Waals surface area (Å²) in [5, 5.41) is 24.9. The molecule has 1 aliphatic rings. The molecular formula is C27H21ClN6O6. The number of nitrogens with one attached hydrogen (secondary N) is 2. The van der Waals surface area contributed by atoms with Gasteiger partial charge in [-0.05, 0) is 37.3 Å². The van der Waals surface area contributed by atoms with Gasteiger partial charge in [-0.15, -0.1) is 0 Å². The van der Waals surface area contributed by atoms with Crippen LogP contribution in [0.2, 0.25) is 5.02 Å². The number of hydrogen-bond donors (Lipinski definition) is 4. The molecule has 40 heavy (non-hydrogen) atoms. The minimum atomic E-state index is -1.19. The van der Waals surface area contributed by atoms with Crippen molar-refractivity contribution < 1.29 is 29.0 Å². The van der Waals surface area contributed by atoms with Gasteiger partial charge in [0.15, 0.2) is 5.58 Å². The second-order valence-electron chi connectivity index (χ2n) is 8.66. The number of fused-ring (bicyclic) bond motifs is 1. The van der Waals surface area contributed by atoms with Crippen LogP contribution in [-0.4, -0.2) is 55.4 Å². The smallest absolute Gasteiger partial charge is 0.335 e. The molecule has 202 valence electrons. The van der Waals surface area contributed by atoms with Crippen molar-refractivity contribution >= 4 is 58.3 Å². The number of amides is 1. The monoisotopic (exact) mass is 560 g/mol. The number of aromatic carboxylic acids is 1. The Labute approximate surface area is 231 Å². The maximum Gasteiger partial charge on any atom is 0.335 e. The van der Waals surface area contributed by atoms with Gasteiger partial charge in [-0.1, -0.05) is 41.9 Å². The minimum absolute atomic E-state index is 0.00716. The molecule has 1 atom stereocenters. The molecule has 1 amide bonds. The number of para-hydroxylation sites is 2. The number of aliphatic carboxylic acids is 1.